The molecule has 0 fully saturated rings. The summed E-state index contributed by atoms with van der Waals surface area (Å²) in [4.78, 5) is 4.22. The Bertz CT molecular complexity index is 262. The van der Waals surface area contributed by atoms with Crippen LogP contribution in [-0.2, 0) is 0 Å². The van der Waals surface area contributed by atoms with Crippen LogP contribution in [0.25, 0.3) is 0 Å². The summed E-state index contributed by atoms with van der Waals surface area (Å²) in [6, 6.07) is 0. The third kappa shape index (κ3) is 13.1. The molecule has 0 aromatic rings. The lowest BCUT2D eigenvalue weighted by atomic mass is 10.1. The molecule has 0 amide bonds. The van der Waals surface area contributed by atoms with Crippen molar-refractivity contribution in [2.24, 2.45) is 4.99 Å². The van der Waals surface area contributed by atoms with E-state index in [9.17, 15) is 0 Å². The molecule has 0 aliphatic rings. The first-order chi connectivity index (χ1) is 8.20. The SMILES string of the molecule is CN=C(NCCNC(C)(C)C)NCC(C)(C)SC.I. The molecular formula is C13H31IN4S. The molecule has 0 atom stereocenters. The Morgan fingerprint density at radius 1 is 1.05 bits per heavy atom. The average molecular weight is 402 g/mol. The van der Waals surface area contributed by atoms with Gasteiger partial charge in [-0.3, -0.25) is 4.99 Å². The van der Waals surface area contributed by atoms with Crippen LogP contribution in [0.3, 0.4) is 0 Å². The molecule has 116 valence electrons. The first kappa shape index (κ1) is 21.6. The van der Waals surface area contributed by atoms with Crippen molar-refractivity contribution < 1.29 is 0 Å². The number of aliphatic imine (C=N–C) groups is 1. The van der Waals surface area contributed by atoms with Gasteiger partial charge in [-0.1, -0.05) is 0 Å². The topological polar surface area (TPSA) is 48.5 Å². The van der Waals surface area contributed by atoms with Crippen LogP contribution in [-0.4, -0.2) is 49.2 Å². The molecule has 0 radical (unpaired) electrons. The minimum atomic E-state index is 0. The Hall–Kier alpha value is 0.310. The van der Waals surface area contributed by atoms with E-state index in [1.165, 1.54) is 0 Å². The van der Waals surface area contributed by atoms with Gasteiger partial charge in [-0.25, -0.2) is 0 Å². The van der Waals surface area contributed by atoms with Crippen molar-refractivity contribution in [1.82, 2.24) is 16.0 Å². The van der Waals surface area contributed by atoms with Crippen LogP contribution in [0.2, 0.25) is 0 Å². The van der Waals surface area contributed by atoms with Gasteiger partial charge in [-0.05, 0) is 40.9 Å². The van der Waals surface area contributed by atoms with Gasteiger partial charge in [-0.15, -0.1) is 24.0 Å². The summed E-state index contributed by atoms with van der Waals surface area (Å²) in [5.74, 6) is 0.868. The van der Waals surface area contributed by atoms with E-state index in [0.717, 1.165) is 25.6 Å². The lowest BCUT2D eigenvalue weighted by Gasteiger charge is -2.24. The molecule has 3 N–H and O–H groups in total. The van der Waals surface area contributed by atoms with Gasteiger partial charge in [0.15, 0.2) is 5.96 Å². The molecule has 0 aliphatic carbocycles. The number of hydrogen-bond acceptors (Lipinski definition) is 3. The van der Waals surface area contributed by atoms with Gasteiger partial charge in [0.25, 0.3) is 0 Å². The second-order valence-electron chi connectivity index (χ2n) is 5.99. The van der Waals surface area contributed by atoms with Gasteiger partial charge in [0, 0.05) is 37.0 Å². The second-order valence-corrected chi connectivity index (χ2v) is 7.51. The highest BCUT2D eigenvalue weighted by molar-refractivity contribution is 14.0. The maximum atomic E-state index is 4.22. The van der Waals surface area contributed by atoms with Crippen LogP contribution in [0, 0.1) is 0 Å². The summed E-state index contributed by atoms with van der Waals surface area (Å²) in [5.41, 5.74) is 0.166. The van der Waals surface area contributed by atoms with Crippen molar-refractivity contribution in [3.8, 4) is 0 Å². The van der Waals surface area contributed by atoms with E-state index in [0.29, 0.717) is 0 Å². The monoisotopic (exact) mass is 402 g/mol. The van der Waals surface area contributed by atoms with E-state index >= 15 is 0 Å². The maximum Gasteiger partial charge on any atom is 0.191 e. The van der Waals surface area contributed by atoms with E-state index in [-0.39, 0.29) is 34.3 Å². The lowest BCUT2D eigenvalue weighted by molar-refractivity contribution is 0.428. The molecule has 0 bridgehead atoms. The standard InChI is InChI=1S/C13H30N4S.HI/c1-12(2,3)17-9-8-15-11(14-6)16-10-13(4,5)18-7;/h17H,8-10H2,1-7H3,(H2,14,15,16);1H. The molecule has 0 saturated heterocycles. The quantitative estimate of drug-likeness (QED) is 0.276. The molecule has 6 heteroatoms. The minimum Gasteiger partial charge on any atom is -0.355 e. The predicted octanol–water partition coefficient (Wildman–Crippen LogP) is 2.30. The van der Waals surface area contributed by atoms with Crippen LogP contribution >= 0.6 is 35.7 Å². The number of guanidine groups is 1. The van der Waals surface area contributed by atoms with Crippen molar-refractivity contribution in [3.05, 3.63) is 0 Å². The summed E-state index contributed by atoms with van der Waals surface area (Å²) in [6.45, 7) is 13.6. The lowest BCUT2D eigenvalue weighted by Crippen LogP contribution is -2.46. The third-order valence-electron chi connectivity index (χ3n) is 2.53. The number of halogens is 1. The highest BCUT2D eigenvalue weighted by Crippen LogP contribution is 2.19. The fraction of sp³-hybridized carbons (Fsp3) is 0.923. The molecule has 19 heavy (non-hydrogen) atoms. The third-order valence-corrected chi connectivity index (χ3v) is 3.78. The average Bonchev–Trinajstić information content (AvgIpc) is 2.27. The Morgan fingerprint density at radius 3 is 2.05 bits per heavy atom. The number of rotatable bonds is 6. The fourth-order valence-corrected chi connectivity index (χ4v) is 1.42. The first-order valence-electron chi connectivity index (χ1n) is 6.45. The van der Waals surface area contributed by atoms with Gasteiger partial charge in [0.05, 0.1) is 0 Å². The minimum absolute atomic E-state index is 0. The zero-order valence-electron chi connectivity index (χ0n) is 13.4. The van der Waals surface area contributed by atoms with Crippen molar-refractivity contribution in [1.29, 1.82) is 0 Å². The molecule has 4 nitrogen and oxygen atoms in total. The summed E-state index contributed by atoms with van der Waals surface area (Å²) >= 11 is 1.85. The molecule has 0 unspecified atom stereocenters. The van der Waals surface area contributed by atoms with Gasteiger partial charge in [0.2, 0.25) is 0 Å². The van der Waals surface area contributed by atoms with Crippen LogP contribution in [0.4, 0.5) is 0 Å². The Morgan fingerprint density at radius 2 is 1.63 bits per heavy atom. The van der Waals surface area contributed by atoms with Gasteiger partial charge < -0.3 is 16.0 Å². The van der Waals surface area contributed by atoms with Gasteiger partial charge in [0.1, 0.15) is 0 Å². The number of thioether (sulfide) groups is 1. The maximum absolute atomic E-state index is 4.22. The first-order valence-corrected chi connectivity index (χ1v) is 7.67. The van der Waals surface area contributed by atoms with Crippen molar-refractivity contribution in [2.45, 2.75) is 44.9 Å². The van der Waals surface area contributed by atoms with Crippen LogP contribution in [0.15, 0.2) is 4.99 Å². The van der Waals surface area contributed by atoms with E-state index in [1.807, 2.05) is 11.8 Å². The van der Waals surface area contributed by atoms with Crippen LogP contribution in [0.5, 0.6) is 0 Å². The van der Waals surface area contributed by atoms with E-state index in [2.05, 4.69) is 61.8 Å². The van der Waals surface area contributed by atoms with Crippen LogP contribution < -0.4 is 16.0 Å². The molecular weight excluding hydrogens is 371 g/mol. The van der Waals surface area contributed by atoms with E-state index in [4.69, 9.17) is 0 Å². The zero-order chi connectivity index (χ0) is 14.2. The molecule has 0 spiro atoms. The Labute approximate surface area is 140 Å². The van der Waals surface area contributed by atoms with Crippen molar-refractivity contribution in [2.75, 3.05) is 32.9 Å². The van der Waals surface area contributed by atoms with Crippen molar-refractivity contribution in [3.63, 3.8) is 0 Å². The largest absolute Gasteiger partial charge is 0.355 e. The van der Waals surface area contributed by atoms with Gasteiger partial charge >= 0.3 is 0 Å². The summed E-state index contributed by atoms with van der Waals surface area (Å²) in [7, 11) is 1.80. The number of nitrogens with zero attached hydrogens (tertiary/aromatic N) is 1. The molecule has 0 saturated carbocycles. The highest BCUT2D eigenvalue weighted by atomic mass is 127. The fourth-order valence-electron chi connectivity index (χ4n) is 1.21. The molecule has 0 rings (SSSR count). The molecule has 0 aromatic carbocycles. The van der Waals surface area contributed by atoms with E-state index in [1.54, 1.807) is 7.05 Å². The highest BCUT2D eigenvalue weighted by Gasteiger charge is 2.16. The Balaban J connectivity index is 0. The van der Waals surface area contributed by atoms with Crippen molar-refractivity contribution >= 4 is 41.7 Å². The summed E-state index contributed by atoms with van der Waals surface area (Å²) < 4.78 is 0.223. The Kier molecular flexibility index (Phi) is 11.5. The number of nitrogens with one attached hydrogen (secondary N) is 3. The molecule has 0 aromatic heterocycles. The molecule has 0 heterocycles. The zero-order valence-corrected chi connectivity index (χ0v) is 16.5. The smallest absolute Gasteiger partial charge is 0.191 e. The van der Waals surface area contributed by atoms with Crippen LogP contribution in [0.1, 0.15) is 34.6 Å². The summed E-state index contributed by atoms with van der Waals surface area (Å²) in [6.07, 6.45) is 2.13. The molecule has 0 aliphatic heterocycles. The number of hydrogen-bond donors (Lipinski definition) is 3. The van der Waals surface area contributed by atoms with Gasteiger partial charge in [-0.2, -0.15) is 11.8 Å². The second kappa shape index (κ2) is 10.1. The predicted molar refractivity (Wildman–Crippen MR) is 100 cm³/mol. The van der Waals surface area contributed by atoms with E-state index < -0.39 is 0 Å². The normalized spacial score (nSPS) is 12.9. The summed E-state index contributed by atoms with van der Waals surface area (Å²) in [5, 5.41) is 10.1.